The van der Waals surface area contributed by atoms with Crippen LogP contribution in [0.25, 0.3) is 0 Å². The van der Waals surface area contributed by atoms with Crippen LogP contribution in [-0.4, -0.2) is 30.6 Å². The van der Waals surface area contributed by atoms with E-state index in [1.54, 1.807) is 0 Å². The topological polar surface area (TPSA) is 54.3 Å². The van der Waals surface area contributed by atoms with Gasteiger partial charge in [0.1, 0.15) is 0 Å². The van der Waals surface area contributed by atoms with Gasteiger partial charge in [-0.3, -0.25) is 0 Å². The largest absolute Gasteiger partial charge is 0.494 e. The molecule has 3 aliphatic rings. The number of rotatable bonds is 1. The van der Waals surface area contributed by atoms with E-state index in [4.69, 9.17) is 14.7 Å². The van der Waals surface area contributed by atoms with E-state index in [0.29, 0.717) is 11.6 Å². The Hall–Kier alpha value is -1.33. The molecule has 4 nitrogen and oxygen atoms in total. The Morgan fingerprint density at radius 3 is 2.36 bits per heavy atom. The lowest BCUT2D eigenvalue weighted by Gasteiger charge is -2.32. The van der Waals surface area contributed by atoms with Gasteiger partial charge in [-0.2, -0.15) is 0 Å². The number of hydrogen-bond donors (Lipinski definition) is 2. The van der Waals surface area contributed by atoms with E-state index in [9.17, 15) is 0 Å². The summed E-state index contributed by atoms with van der Waals surface area (Å²) in [5.41, 5.74) is 2.99. The summed E-state index contributed by atoms with van der Waals surface area (Å²) in [4.78, 5) is 0. The van der Waals surface area contributed by atoms with Gasteiger partial charge in [-0.15, -0.1) is 0 Å². The maximum atomic E-state index is 8.21. The minimum atomic E-state index is -0.373. The van der Waals surface area contributed by atoms with Crippen molar-refractivity contribution < 1.29 is 9.31 Å². The molecule has 0 radical (unpaired) electrons. The quantitative estimate of drug-likeness (QED) is 0.732. The third kappa shape index (κ3) is 2.46. The van der Waals surface area contributed by atoms with Crippen LogP contribution in [0, 0.1) is 11.3 Å². The van der Waals surface area contributed by atoms with Gasteiger partial charge >= 0.3 is 7.12 Å². The van der Waals surface area contributed by atoms with Crippen LogP contribution in [0.4, 0.5) is 0 Å². The normalized spacial score (nSPS) is 33.1. The Morgan fingerprint density at radius 1 is 1.18 bits per heavy atom. The molecule has 0 bridgehead atoms. The molecule has 0 saturated carbocycles. The lowest BCUT2D eigenvalue weighted by molar-refractivity contribution is 0.00578. The van der Waals surface area contributed by atoms with Crippen molar-refractivity contribution in [3.63, 3.8) is 0 Å². The Labute approximate surface area is 133 Å². The van der Waals surface area contributed by atoms with E-state index in [2.05, 4.69) is 46.0 Å². The summed E-state index contributed by atoms with van der Waals surface area (Å²) in [6.07, 6.45) is 6.95. The van der Waals surface area contributed by atoms with Crippen molar-refractivity contribution in [2.75, 3.05) is 6.54 Å². The van der Waals surface area contributed by atoms with Crippen molar-refractivity contribution in [2.24, 2.45) is 5.92 Å². The van der Waals surface area contributed by atoms with Crippen LogP contribution in [0.5, 0.6) is 0 Å². The van der Waals surface area contributed by atoms with Crippen molar-refractivity contribution in [1.29, 1.82) is 5.41 Å². The van der Waals surface area contributed by atoms with Crippen molar-refractivity contribution in [3.05, 3.63) is 35.0 Å². The molecule has 0 spiro atoms. The summed E-state index contributed by atoms with van der Waals surface area (Å²) in [6.45, 7) is 11.4. The fraction of sp³-hybridized carbons (Fsp3) is 0.588. The Kier molecular flexibility index (Phi) is 3.61. The molecule has 5 heteroatoms. The minimum absolute atomic E-state index is 0.344. The number of nitrogens with one attached hydrogen (secondary N) is 2. The Balaban J connectivity index is 1.93. The van der Waals surface area contributed by atoms with Crippen LogP contribution >= 0.6 is 0 Å². The van der Waals surface area contributed by atoms with Crippen molar-refractivity contribution in [1.82, 2.24) is 5.32 Å². The van der Waals surface area contributed by atoms with Gasteiger partial charge in [-0.1, -0.05) is 19.1 Å². The molecule has 2 heterocycles. The molecule has 22 heavy (non-hydrogen) atoms. The van der Waals surface area contributed by atoms with Gasteiger partial charge in [0, 0.05) is 17.8 Å². The molecular formula is C17H25BN2O2. The van der Waals surface area contributed by atoms with E-state index < -0.39 is 0 Å². The highest BCUT2D eigenvalue weighted by molar-refractivity contribution is 6.56. The first kappa shape index (κ1) is 15.6. The second-order valence-electron chi connectivity index (χ2n) is 7.42. The molecule has 1 unspecified atom stereocenters. The van der Waals surface area contributed by atoms with Crippen LogP contribution in [-0.2, 0) is 9.31 Å². The zero-order valence-corrected chi connectivity index (χ0v) is 14.1. The second kappa shape index (κ2) is 5.10. The molecule has 3 rings (SSSR count). The first-order chi connectivity index (χ1) is 10.2. The summed E-state index contributed by atoms with van der Waals surface area (Å²) >= 11 is 0. The van der Waals surface area contributed by atoms with Gasteiger partial charge in [0.2, 0.25) is 0 Å². The predicted molar refractivity (Wildman–Crippen MR) is 89.8 cm³/mol. The summed E-state index contributed by atoms with van der Waals surface area (Å²) in [6, 6.07) is 0. The Morgan fingerprint density at radius 2 is 1.82 bits per heavy atom. The highest BCUT2D eigenvalue weighted by Crippen LogP contribution is 2.39. The highest BCUT2D eigenvalue weighted by Gasteiger charge is 2.52. The van der Waals surface area contributed by atoms with E-state index in [-0.39, 0.29) is 18.3 Å². The van der Waals surface area contributed by atoms with Crippen LogP contribution in [0.1, 0.15) is 41.0 Å². The molecule has 2 fully saturated rings. The Bertz CT molecular complexity index is 586. The summed E-state index contributed by atoms with van der Waals surface area (Å²) in [5, 5.41) is 11.6. The molecule has 2 N–H and O–H groups in total. The average Bonchev–Trinajstić information content (AvgIpc) is 2.92. The number of hydrogen-bond acceptors (Lipinski definition) is 4. The van der Waals surface area contributed by atoms with E-state index in [1.807, 2.05) is 12.2 Å². The summed E-state index contributed by atoms with van der Waals surface area (Å²) < 4.78 is 12.2. The van der Waals surface area contributed by atoms with Crippen molar-refractivity contribution >= 4 is 12.8 Å². The lowest BCUT2D eigenvalue weighted by atomic mass is 9.74. The number of allylic oxidation sites excluding steroid dienone is 6. The fourth-order valence-corrected chi connectivity index (χ4v) is 3.01. The SMILES string of the molecule is CC1CCN/C1=C1/C=C(B2OC(C)(C)C(C)(C)O2)C=CC1=N. The molecule has 118 valence electrons. The molecular weight excluding hydrogens is 275 g/mol. The molecule has 0 amide bonds. The zero-order chi connectivity index (χ0) is 16.1. The molecule has 1 atom stereocenters. The van der Waals surface area contributed by atoms with E-state index >= 15 is 0 Å². The van der Waals surface area contributed by atoms with Crippen LogP contribution in [0.15, 0.2) is 35.0 Å². The average molecular weight is 300 g/mol. The monoisotopic (exact) mass is 300 g/mol. The molecule has 2 aliphatic heterocycles. The molecule has 0 aromatic rings. The molecule has 0 aromatic heterocycles. The second-order valence-corrected chi connectivity index (χ2v) is 7.42. The maximum absolute atomic E-state index is 8.21. The van der Waals surface area contributed by atoms with Crippen molar-refractivity contribution in [3.8, 4) is 0 Å². The fourth-order valence-electron chi connectivity index (χ4n) is 3.01. The first-order valence-corrected chi connectivity index (χ1v) is 8.03. The summed E-state index contributed by atoms with van der Waals surface area (Å²) in [7, 11) is -0.373. The van der Waals surface area contributed by atoms with Gasteiger partial charge in [0.15, 0.2) is 0 Å². The van der Waals surface area contributed by atoms with Gasteiger partial charge < -0.3 is 20.0 Å². The van der Waals surface area contributed by atoms with Gasteiger partial charge in [-0.05, 0) is 51.6 Å². The minimum Gasteiger partial charge on any atom is -0.399 e. The third-order valence-electron chi connectivity index (χ3n) is 5.24. The predicted octanol–water partition coefficient (Wildman–Crippen LogP) is 3.02. The molecule has 1 aliphatic carbocycles. The van der Waals surface area contributed by atoms with E-state index in [1.165, 1.54) is 5.70 Å². The highest BCUT2D eigenvalue weighted by atomic mass is 16.7. The molecule has 0 aromatic carbocycles. The lowest BCUT2D eigenvalue weighted by Crippen LogP contribution is -2.41. The summed E-state index contributed by atoms with van der Waals surface area (Å²) in [5.74, 6) is 0.470. The van der Waals surface area contributed by atoms with Gasteiger partial charge in [0.05, 0.1) is 16.9 Å². The smallest absolute Gasteiger partial charge is 0.399 e. The maximum Gasteiger partial charge on any atom is 0.494 e. The van der Waals surface area contributed by atoms with Crippen LogP contribution < -0.4 is 5.32 Å². The first-order valence-electron chi connectivity index (χ1n) is 8.03. The standard InChI is InChI=1S/C17H25BN2O2/c1-11-8-9-20-15(11)13-10-12(6-7-14(13)19)18-21-16(2,3)17(4,5)22-18/h6-7,10-11,19-20H,8-9H2,1-5H3/b15-13-,19-14?. The third-order valence-corrected chi connectivity index (χ3v) is 5.24. The van der Waals surface area contributed by atoms with Gasteiger partial charge in [-0.25, -0.2) is 0 Å². The zero-order valence-electron chi connectivity index (χ0n) is 14.1. The van der Waals surface area contributed by atoms with Gasteiger partial charge in [0.25, 0.3) is 0 Å². The van der Waals surface area contributed by atoms with E-state index in [0.717, 1.165) is 24.0 Å². The van der Waals surface area contributed by atoms with Crippen molar-refractivity contribution in [2.45, 2.75) is 52.2 Å². The van der Waals surface area contributed by atoms with Crippen LogP contribution in [0.2, 0.25) is 0 Å². The van der Waals surface area contributed by atoms with Crippen LogP contribution in [0.3, 0.4) is 0 Å². The molecule has 2 saturated heterocycles.